The number of halogens is 1. The number of anilines is 1. The summed E-state index contributed by atoms with van der Waals surface area (Å²) in [4.78, 5) is 24.0. The summed E-state index contributed by atoms with van der Waals surface area (Å²) in [5.74, 6) is -2.82. The highest BCUT2D eigenvalue weighted by molar-refractivity contribution is 9.10. The van der Waals surface area contributed by atoms with Gasteiger partial charge in [-0.2, -0.15) is 0 Å². The first kappa shape index (κ1) is 15.2. The first-order chi connectivity index (χ1) is 10.5. The number of carboxylic acid groups (broad SMARTS) is 1. The molecule has 116 valence electrons. The van der Waals surface area contributed by atoms with Crippen LogP contribution >= 0.6 is 15.9 Å². The van der Waals surface area contributed by atoms with E-state index in [1.165, 1.54) is 0 Å². The fourth-order valence-electron chi connectivity index (χ4n) is 3.11. The van der Waals surface area contributed by atoms with Gasteiger partial charge < -0.3 is 15.2 Å². The fourth-order valence-corrected chi connectivity index (χ4v) is 3.52. The lowest BCUT2D eigenvalue weighted by molar-refractivity contribution is -0.145. The van der Waals surface area contributed by atoms with E-state index >= 15 is 0 Å². The quantitative estimate of drug-likeness (QED) is 0.804. The molecule has 1 aromatic carbocycles. The number of aliphatic carboxylic acids is 1. The number of carbonyl (C=O) groups excluding carboxylic acids is 1. The molecule has 22 heavy (non-hydrogen) atoms. The number of amides is 1. The Kier molecular flexibility index (Phi) is 4.06. The average Bonchev–Trinajstić information content (AvgIpc) is 3.09. The zero-order chi connectivity index (χ0) is 15.9. The largest absolute Gasteiger partial charge is 0.481 e. The summed E-state index contributed by atoms with van der Waals surface area (Å²) in [5, 5.41) is 12.2. The van der Waals surface area contributed by atoms with Gasteiger partial charge in [0, 0.05) is 10.2 Å². The summed E-state index contributed by atoms with van der Waals surface area (Å²) in [6.07, 6.45) is 3.31. The average molecular weight is 366 g/mol. The zero-order valence-corrected chi connectivity index (χ0v) is 13.5. The van der Waals surface area contributed by atoms with E-state index in [1.54, 1.807) is 12.2 Å². The number of carbonyl (C=O) groups is 2. The molecule has 2 N–H and O–H groups in total. The summed E-state index contributed by atoms with van der Waals surface area (Å²) < 4.78 is 6.47. The van der Waals surface area contributed by atoms with Crippen molar-refractivity contribution in [2.24, 2.45) is 11.8 Å². The van der Waals surface area contributed by atoms with E-state index in [0.717, 1.165) is 16.5 Å². The Morgan fingerprint density at radius 1 is 1.27 bits per heavy atom. The molecule has 5 nitrogen and oxygen atoms in total. The van der Waals surface area contributed by atoms with Crippen molar-refractivity contribution in [3.8, 4) is 0 Å². The lowest BCUT2D eigenvalue weighted by Crippen LogP contribution is -2.39. The summed E-state index contributed by atoms with van der Waals surface area (Å²) in [7, 11) is 0. The van der Waals surface area contributed by atoms with Crippen LogP contribution in [-0.2, 0) is 20.7 Å². The van der Waals surface area contributed by atoms with E-state index in [-0.39, 0.29) is 5.91 Å². The summed E-state index contributed by atoms with van der Waals surface area (Å²) >= 11 is 3.41. The van der Waals surface area contributed by atoms with E-state index < -0.39 is 30.0 Å². The predicted octanol–water partition coefficient (Wildman–Crippen LogP) is 2.60. The molecule has 0 aromatic heterocycles. The molecule has 1 fully saturated rings. The Morgan fingerprint density at radius 2 is 1.95 bits per heavy atom. The van der Waals surface area contributed by atoms with Crippen LogP contribution in [0.25, 0.3) is 0 Å². The van der Waals surface area contributed by atoms with Crippen LogP contribution in [0.1, 0.15) is 12.5 Å². The van der Waals surface area contributed by atoms with E-state index in [4.69, 9.17) is 4.74 Å². The maximum Gasteiger partial charge on any atom is 0.310 e. The number of fused-ring (bicyclic) bond motifs is 2. The minimum atomic E-state index is -0.997. The van der Waals surface area contributed by atoms with Gasteiger partial charge in [0.25, 0.3) is 0 Å². The SMILES string of the molecule is CCc1cc(Br)ccc1NC(=O)[C@H]1[C@@H](C(=O)O)[C@@H]2C=C[C@@H]1O2. The van der Waals surface area contributed by atoms with Crippen molar-refractivity contribution in [1.82, 2.24) is 0 Å². The van der Waals surface area contributed by atoms with Crippen molar-refractivity contribution in [1.29, 1.82) is 0 Å². The molecule has 1 saturated heterocycles. The molecule has 2 bridgehead atoms. The molecule has 4 atom stereocenters. The van der Waals surface area contributed by atoms with Crippen LogP contribution in [0.2, 0.25) is 0 Å². The monoisotopic (exact) mass is 365 g/mol. The molecule has 0 spiro atoms. The Hall–Kier alpha value is -1.66. The van der Waals surface area contributed by atoms with Crippen molar-refractivity contribution in [3.63, 3.8) is 0 Å². The molecule has 2 heterocycles. The van der Waals surface area contributed by atoms with Gasteiger partial charge in [-0.25, -0.2) is 0 Å². The van der Waals surface area contributed by atoms with Gasteiger partial charge in [-0.1, -0.05) is 35.0 Å². The second-order valence-corrected chi connectivity index (χ2v) is 6.40. The number of aryl methyl sites for hydroxylation is 1. The summed E-state index contributed by atoms with van der Waals surface area (Å²) in [6, 6.07) is 5.61. The van der Waals surface area contributed by atoms with Gasteiger partial charge in [0.2, 0.25) is 5.91 Å². The first-order valence-electron chi connectivity index (χ1n) is 7.17. The number of benzene rings is 1. The Balaban J connectivity index is 1.83. The van der Waals surface area contributed by atoms with Crippen molar-refractivity contribution in [2.45, 2.75) is 25.6 Å². The third-order valence-corrected chi connectivity index (χ3v) is 4.69. The minimum absolute atomic E-state index is 0.304. The molecule has 3 rings (SSSR count). The highest BCUT2D eigenvalue weighted by atomic mass is 79.9. The Morgan fingerprint density at radius 3 is 2.59 bits per heavy atom. The van der Waals surface area contributed by atoms with Crippen molar-refractivity contribution < 1.29 is 19.4 Å². The molecule has 6 heteroatoms. The van der Waals surface area contributed by atoms with Gasteiger partial charge in [0.1, 0.15) is 5.92 Å². The van der Waals surface area contributed by atoms with Crippen molar-refractivity contribution in [2.75, 3.05) is 5.32 Å². The number of rotatable bonds is 4. The van der Waals surface area contributed by atoms with Gasteiger partial charge in [-0.15, -0.1) is 0 Å². The van der Waals surface area contributed by atoms with E-state index in [1.807, 2.05) is 25.1 Å². The lowest BCUT2D eigenvalue weighted by Gasteiger charge is -2.21. The maximum atomic E-state index is 12.6. The normalized spacial score (nSPS) is 28.8. The molecule has 0 saturated carbocycles. The van der Waals surface area contributed by atoms with Gasteiger partial charge in [0.15, 0.2) is 0 Å². The van der Waals surface area contributed by atoms with Gasteiger partial charge >= 0.3 is 5.97 Å². The second kappa shape index (κ2) is 5.85. The topological polar surface area (TPSA) is 75.6 Å². The Bertz CT molecular complexity index is 658. The highest BCUT2D eigenvalue weighted by Crippen LogP contribution is 2.40. The number of carboxylic acids is 1. The molecular formula is C16H16BrNO4. The molecule has 0 radical (unpaired) electrons. The van der Waals surface area contributed by atoms with Crippen LogP contribution < -0.4 is 5.32 Å². The summed E-state index contributed by atoms with van der Waals surface area (Å²) in [6.45, 7) is 2.00. The summed E-state index contributed by atoms with van der Waals surface area (Å²) in [5.41, 5.74) is 1.71. The highest BCUT2D eigenvalue weighted by Gasteiger charge is 2.53. The number of hydrogen-bond acceptors (Lipinski definition) is 3. The smallest absolute Gasteiger partial charge is 0.310 e. The van der Waals surface area contributed by atoms with Gasteiger partial charge in [0.05, 0.1) is 18.1 Å². The van der Waals surface area contributed by atoms with Gasteiger partial charge in [-0.3, -0.25) is 9.59 Å². The number of hydrogen-bond donors (Lipinski definition) is 2. The maximum absolute atomic E-state index is 12.6. The fraction of sp³-hybridized carbons (Fsp3) is 0.375. The third kappa shape index (κ3) is 2.57. The minimum Gasteiger partial charge on any atom is -0.481 e. The van der Waals surface area contributed by atoms with Crippen molar-refractivity contribution >= 4 is 33.5 Å². The van der Waals surface area contributed by atoms with E-state index in [0.29, 0.717) is 5.69 Å². The molecule has 0 unspecified atom stereocenters. The van der Waals surface area contributed by atoms with Crippen LogP contribution in [0.3, 0.4) is 0 Å². The van der Waals surface area contributed by atoms with E-state index in [2.05, 4.69) is 21.2 Å². The second-order valence-electron chi connectivity index (χ2n) is 5.48. The van der Waals surface area contributed by atoms with E-state index in [9.17, 15) is 14.7 Å². The molecular weight excluding hydrogens is 350 g/mol. The molecule has 2 aliphatic heterocycles. The third-order valence-electron chi connectivity index (χ3n) is 4.19. The molecule has 2 aliphatic rings. The van der Waals surface area contributed by atoms with Crippen LogP contribution in [0.5, 0.6) is 0 Å². The Labute approximate surface area is 136 Å². The number of ether oxygens (including phenoxy) is 1. The van der Waals surface area contributed by atoms with Crippen LogP contribution in [-0.4, -0.2) is 29.2 Å². The number of nitrogens with one attached hydrogen (secondary N) is 1. The van der Waals surface area contributed by atoms with Gasteiger partial charge in [-0.05, 0) is 30.2 Å². The standard InChI is InChI=1S/C16H16BrNO4/c1-2-8-7-9(17)3-4-10(8)18-15(19)13-11-5-6-12(22-11)14(13)16(20)21/h3-7,11-14H,2H2,1H3,(H,18,19)(H,20,21)/t11-,12-,13+,14-/m0/s1. The molecule has 0 aliphatic carbocycles. The predicted molar refractivity (Wildman–Crippen MR) is 84.6 cm³/mol. The van der Waals surface area contributed by atoms with Crippen LogP contribution in [0.15, 0.2) is 34.8 Å². The van der Waals surface area contributed by atoms with Crippen LogP contribution in [0.4, 0.5) is 5.69 Å². The zero-order valence-electron chi connectivity index (χ0n) is 12.0. The lowest BCUT2D eigenvalue weighted by atomic mass is 9.82. The molecule has 1 amide bonds. The molecule has 1 aromatic rings. The first-order valence-corrected chi connectivity index (χ1v) is 7.96. The van der Waals surface area contributed by atoms with Crippen molar-refractivity contribution in [3.05, 3.63) is 40.4 Å². The van der Waals surface area contributed by atoms with Crippen LogP contribution in [0, 0.1) is 11.8 Å².